The summed E-state index contributed by atoms with van der Waals surface area (Å²) in [5.74, 6) is 0. The molecule has 0 aromatic rings. The van der Waals surface area contributed by atoms with Gasteiger partial charge in [-0.15, -0.1) is 0 Å². The summed E-state index contributed by atoms with van der Waals surface area (Å²) in [5.41, 5.74) is 0. The summed E-state index contributed by atoms with van der Waals surface area (Å²) in [6.45, 7) is 6.18. The molecule has 13 heteroatoms. The lowest BCUT2D eigenvalue weighted by Crippen LogP contribution is -2.62. The third kappa shape index (κ3) is 8.64. The molecule has 0 aliphatic carbocycles. The molecule has 31 heavy (non-hydrogen) atoms. The second kappa shape index (κ2) is 11.9. The molecule has 0 N–H and O–H groups in total. The van der Waals surface area contributed by atoms with E-state index in [1.54, 1.807) is 21.3 Å². The molecule has 3 unspecified atom stereocenters. The minimum atomic E-state index is -4.30. The van der Waals surface area contributed by atoms with E-state index in [1.807, 2.05) is 13.8 Å². The van der Waals surface area contributed by atoms with Crippen LogP contribution in [0.4, 0.5) is 13.2 Å². The molecule has 184 valence electrons. The van der Waals surface area contributed by atoms with E-state index in [9.17, 15) is 13.2 Å². The highest BCUT2D eigenvalue weighted by atomic mass is 28.4. The van der Waals surface area contributed by atoms with Gasteiger partial charge in [0.1, 0.15) is 0 Å². The number of halogens is 3. The Morgan fingerprint density at radius 3 is 2.06 bits per heavy atom. The van der Waals surface area contributed by atoms with Gasteiger partial charge in [-0.25, -0.2) is 0 Å². The second-order valence-electron chi connectivity index (χ2n) is 8.09. The van der Waals surface area contributed by atoms with Crippen LogP contribution < -0.4 is 0 Å². The van der Waals surface area contributed by atoms with Crippen LogP contribution in [0.1, 0.15) is 26.7 Å². The van der Waals surface area contributed by atoms with E-state index in [4.69, 9.17) is 31.3 Å². The Labute approximate surface area is 184 Å². The normalized spacial score (nSPS) is 32.5. The number of hydrogen-bond donors (Lipinski definition) is 0. The Bertz CT molecular complexity index is 521. The molecule has 2 bridgehead atoms. The molecule has 3 aliphatic heterocycles. The smallest absolute Gasteiger partial charge is 0.379 e. The van der Waals surface area contributed by atoms with E-state index in [0.717, 1.165) is 0 Å². The fourth-order valence-corrected chi connectivity index (χ4v) is 8.85. The Morgan fingerprint density at radius 1 is 0.968 bits per heavy atom. The third-order valence-corrected chi connectivity index (χ3v) is 11.2. The number of fused-ring (bicyclic) bond motifs is 6. The molecule has 3 atom stereocenters. The zero-order valence-electron chi connectivity index (χ0n) is 19.0. The molecule has 0 spiro atoms. The zero-order chi connectivity index (χ0) is 23.1. The van der Waals surface area contributed by atoms with Crippen molar-refractivity contribution in [1.29, 1.82) is 0 Å². The average molecular weight is 492 g/mol. The van der Waals surface area contributed by atoms with E-state index in [-0.39, 0.29) is 24.9 Å². The number of rotatable bonds is 11. The summed E-state index contributed by atoms with van der Waals surface area (Å²) in [5, 5.41) is 0. The number of alkyl halides is 3. The van der Waals surface area contributed by atoms with Gasteiger partial charge in [-0.3, -0.25) is 4.90 Å². The molecule has 3 heterocycles. The van der Waals surface area contributed by atoms with E-state index in [0.29, 0.717) is 38.7 Å². The fraction of sp³-hybridized carbons (Fsp3) is 1.00. The summed E-state index contributed by atoms with van der Waals surface area (Å²) in [7, 11) is -1.50. The van der Waals surface area contributed by atoms with Gasteiger partial charge in [0.15, 0.2) is 0 Å². The number of nitrogens with zero attached hydrogens (tertiary/aromatic N) is 1. The Hall–Kier alpha value is -0.0962. The van der Waals surface area contributed by atoms with Crippen molar-refractivity contribution in [2.24, 2.45) is 0 Å². The average Bonchev–Trinajstić information content (AvgIpc) is 2.66. The van der Waals surface area contributed by atoms with Crippen molar-refractivity contribution in [3.05, 3.63) is 0 Å². The van der Waals surface area contributed by atoms with Gasteiger partial charge in [-0.05, 0) is 20.3 Å². The highest BCUT2D eigenvalue weighted by Gasteiger charge is 2.51. The topological polar surface area (TPSA) is 67.9 Å². The largest absolute Gasteiger partial charge is 0.502 e. The minimum absolute atomic E-state index is 0.244. The maximum absolute atomic E-state index is 13.0. The van der Waals surface area contributed by atoms with Crippen molar-refractivity contribution in [2.45, 2.75) is 63.3 Å². The Morgan fingerprint density at radius 2 is 1.55 bits per heavy atom. The van der Waals surface area contributed by atoms with Crippen molar-refractivity contribution in [3.63, 3.8) is 0 Å². The molecule has 8 nitrogen and oxygen atoms in total. The lowest BCUT2D eigenvalue weighted by atomic mass is 10.2. The van der Waals surface area contributed by atoms with Crippen LogP contribution in [0.3, 0.4) is 0 Å². The van der Waals surface area contributed by atoms with Crippen LogP contribution in [-0.4, -0.2) is 101 Å². The maximum atomic E-state index is 13.0. The quantitative estimate of drug-likeness (QED) is 0.323. The first-order valence-corrected chi connectivity index (χ1v) is 14.5. The van der Waals surface area contributed by atoms with Crippen LogP contribution in [0.25, 0.3) is 0 Å². The Kier molecular flexibility index (Phi) is 10.4. The monoisotopic (exact) mass is 491 g/mol. The minimum Gasteiger partial charge on any atom is -0.379 e. The molecular weight excluding hydrogens is 455 g/mol. The maximum Gasteiger partial charge on any atom is 0.502 e. The lowest BCUT2D eigenvalue weighted by Gasteiger charge is -2.46. The van der Waals surface area contributed by atoms with Gasteiger partial charge >= 0.3 is 23.8 Å². The van der Waals surface area contributed by atoms with E-state index < -0.39 is 36.3 Å². The molecule has 0 aromatic carbocycles. The van der Waals surface area contributed by atoms with Crippen LogP contribution in [0.15, 0.2) is 0 Å². The molecule has 0 aromatic heterocycles. The summed E-state index contributed by atoms with van der Waals surface area (Å²) in [4.78, 5) is 2.16. The highest BCUT2D eigenvalue weighted by molar-refractivity contribution is 6.61. The standard InChI is InChI=1S/C18H36F3NO7Si2/c1-15-11-22-12-16(2)28-31(27-15,10-7-18(19,20)21)29-17(13-22)14-26-8-6-9-30(23-3,24-4)25-5/h15-17H,6-14H2,1-5H3. The van der Waals surface area contributed by atoms with Gasteiger partial charge in [0, 0.05) is 66.1 Å². The summed E-state index contributed by atoms with van der Waals surface area (Å²) in [6, 6.07) is 0.311. The van der Waals surface area contributed by atoms with Crippen molar-refractivity contribution in [1.82, 2.24) is 4.90 Å². The van der Waals surface area contributed by atoms with E-state index >= 15 is 0 Å². The molecule has 0 saturated carbocycles. The van der Waals surface area contributed by atoms with Crippen LogP contribution in [0.2, 0.25) is 12.1 Å². The van der Waals surface area contributed by atoms with Gasteiger partial charge < -0.3 is 31.3 Å². The molecule has 3 saturated heterocycles. The predicted molar refractivity (Wildman–Crippen MR) is 111 cm³/mol. The van der Waals surface area contributed by atoms with Gasteiger partial charge in [0.25, 0.3) is 0 Å². The molecule has 3 aliphatic rings. The first-order chi connectivity index (χ1) is 14.5. The van der Waals surface area contributed by atoms with Crippen LogP contribution in [-0.2, 0) is 31.3 Å². The first kappa shape index (κ1) is 27.2. The van der Waals surface area contributed by atoms with Gasteiger partial charge in [-0.2, -0.15) is 13.2 Å². The number of hydrogen-bond acceptors (Lipinski definition) is 8. The Balaban J connectivity index is 1.97. The summed E-state index contributed by atoms with van der Waals surface area (Å²) < 4.78 is 79.1. The first-order valence-electron chi connectivity index (χ1n) is 10.6. The molecule has 3 rings (SSSR count). The summed E-state index contributed by atoms with van der Waals surface area (Å²) in [6.07, 6.45) is -5.57. The van der Waals surface area contributed by atoms with Crippen molar-refractivity contribution in [2.75, 3.05) is 54.2 Å². The van der Waals surface area contributed by atoms with Crippen LogP contribution in [0.5, 0.6) is 0 Å². The predicted octanol–water partition coefficient (Wildman–Crippen LogP) is 2.69. The van der Waals surface area contributed by atoms with Gasteiger partial charge in [0.05, 0.1) is 24.9 Å². The third-order valence-electron chi connectivity index (χ3n) is 5.32. The molecule has 0 radical (unpaired) electrons. The van der Waals surface area contributed by atoms with Crippen LogP contribution >= 0.6 is 0 Å². The van der Waals surface area contributed by atoms with E-state index in [1.165, 1.54) is 0 Å². The van der Waals surface area contributed by atoms with E-state index in [2.05, 4.69) is 4.90 Å². The SMILES string of the molecule is CO[Si](CCCOCC1CN2CC(C)O[Si](CCC(F)(F)F)(OC(C)C2)O1)(OC)OC. The van der Waals surface area contributed by atoms with Crippen molar-refractivity contribution >= 4 is 17.6 Å². The second-order valence-corrected chi connectivity index (χ2v) is 13.8. The summed E-state index contributed by atoms with van der Waals surface area (Å²) >= 11 is 0. The number of ether oxygens (including phenoxy) is 1. The lowest BCUT2D eigenvalue weighted by molar-refractivity contribution is -0.139. The fourth-order valence-electron chi connectivity index (χ4n) is 4.02. The van der Waals surface area contributed by atoms with Crippen molar-refractivity contribution < 1.29 is 44.5 Å². The van der Waals surface area contributed by atoms with Gasteiger partial charge in [-0.1, -0.05) is 0 Å². The molecule has 0 amide bonds. The van der Waals surface area contributed by atoms with Gasteiger partial charge in [0.2, 0.25) is 0 Å². The molecular formula is C18H36F3NO7Si2. The highest BCUT2D eigenvalue weighted by Crippen LogP contribution is 2.33. The molecule has 3 fully saturated rings. The van der Waals surface area contributed by atoms with Crippen molar-refractivity contribution in [3.8, 4) is 0 Å². The van der Waals surface area contributed by atoms with Crippen LogP contribution in [0, 0.1) is 0 Å². The zero-order valence-corrected chi connectivity index (χ0v) is 21.0.